The molecule has 0 bridgehead atoms. The van der Waals surface area contributed by atoms with Gasteiger partial charge in [-0.2, -0.15) is 5.06 Å². The standard InChI is InChI=1S/C13H19ClN2O2/c1-13(2,3)12(17)16-11(4-5-18-16)9-6-10(14)8-15-7-9/h6-8,11-12,17H,4-5H2,1-3H3/t11-,12?/m0/s1. The predicted molar refractivity (Wildman–Crippen MR) is 69.9 cm³/mol. The second-order valence-corrected chi connectivity index (χ2v) is 6.11. The van der Waals surface area contributed by atoms with Gasteiger partial charge >= 0.3 is 0 Å². The van der Waals surface area contributed by atoms with E-state index < -0.39 is 6.23 Å². The van der Waals surface area contributed by atoms with E-state index in [2.05, 4.69) is 4.98 Å². The molecular weight excluding hydrogens is 252 g/mol. The smallest absolute Gasteiger partial charge is 0.135 e. The van der Waals surface area contributed by atoms with Gasteiger partial charge in [-0.05, 0) is 18.1 Å². The molecule has 0 radical (unpaired) electrons. The van der Waals surface area contributed by atoms with Crippen molar-refractivity contribution in [3.63, 3.8) is 0 Å². The van der Waals surface area contributed by atoms with Crippen LogP contribution in [0.3, 0.4) is 0 Å². The van der Waals surface area contributed by atoms with Gasteiger partial charge < -0.3 is 5.11 Å². The van der Waals surface area contributed by atoms with Crippen molar-refractivity contribution in [2.75, 3.05) is 6.61 Å². The van der Waals surface area contributed by atoms with Crippen LogP contribution in [0.4, 0.5) is 0 Å². The van der Waals surface area contributed by atoms with Crippen LogP contribution in [0.5, 0.6) is 0 Å². The van der Waals surface area contributed by atoms with Gasteiger partial charge in [0.05, 0.1) is 17.7 Å². The molecule has 2 atom stereocenters. The molecular formula is C13H19ClN2O2. The SMILES string of the molecule is CC(C)(C)C(O)N1OCC[C@H]1c1cncc(Cl)c1. The molecule has 1 unspecified atom stereocenters. The minimum absolute atomic E-state index is 0.00502. The van der Waals surface area contributed by atoms with Crippen molar-refractivity contribution in [2.24, 2.45) is 5.41 Å². The van der Waals surface area contributed by atoms with Gasteiger partial charge in [0.15, 0.2) is 0 Å². The van der Waals surface area contributed by atoms with Crippen LogP contribution in [-0.2, 0) is 4.84 Å². The molecule has 1 fully saturated rings. The molecule has 18 heavy (non-hydrogen) atoms. The molecule has 5 heteroatoms. The fourth-order valence-electron chi connectivity index (χ4n) is 2.03. The highest BCUT2D eigenvalue weighted by atomic mass is 35.5. The maximum absolute atomic E-state index is 10.3. The molecule has 1 aliphatic heterocycles. The van der Waals surface area contributed by atoms with Crippen LogP contribution in [0, 0.1) is 5.41 Å². The Hall–Kier alpha value is -0.680. The number of hydrogen-bond acceptors (Lipinski definition) is 4. The quantitative estimate of drug-likeness (QED) is 0.898. The monoisotopic (exact) mass is 270 g/mol. The maximum atomic E-state index is 10.3. The van der Waals surface area contributed by atoms with Gasteiger partial charge in [0.1, 0.15) is 6.23 Å². The van der Waals surface area contributed by atoms with Crippen molar-refractivity contribution in [1.82, 2.24) is 10.0 Å². The fraction of sp³-hybridized carbons (Fsp3) is 0.615. The lowest BCUT2D eigenvalue weighted by Gasteiger charge is -2.35. The van der Waals surface area contributed by atoms with Gasteiger partial charge in [0, 0.05) is 17.8 Å². The predicted octanol–water partition coefficient (Wildman–Crippen LogP) is 2.78. The minimum atomic E-state index is -0.663. The molecule has 0 saturated carbocycles. The number of aliphatic hydroxyl groups excluding tert-OH is 1. The Kier molecular flexibility index (Phi) is 3.92. The zero-order valence-electron chi connectivity index (χ0n) is 10.9. The summed E-state index contributed by atoms with van der Waals surface area (Å²) in [5.41, 5.74) is 0.706. The summed E-state index contributed by atoms with van der Waals surface area (Å²) in [4.78, 5) is 9.65. The zero-order chi connectivity index (χ0) is 13.3. The molecule has 1 aromatic rings. The van der Waals surface area contributed by atoms with E-state index >= 15 is 0 Å². The van der Waals surface area contributed by atoms with E-state index in [9.17, 15) is 5.11 Å². The van der Waals surface area contributed by atoms with Gasteiger partial charge in [-0.25, -0.2) is 0 Å². The van der Waals surface area contributed by atoms with E-state index in [4.69, 9.17) is 16.4 Å². The lowest BCUT2D eigenvalue weighted by molar-refractivity contribution is -0.252. The van der Waals surface area contributed by atoms with Gasteiger partial charge in [-0.1, -0.05) is 32.4 Å². The molecule has 0 aromatic carbocycles. The third-order valence-electron chi connectivity index (χ3n) is 3.07. The summed E-state index contributed by atoms with van der Waals surface area (Å²) >= 11 is 5.96. The molecule has 1 saturated heterocycles. The Morgan fingerprint density at radius 1 is 1.50 bits per heavy atom. The van der Waals surface area contributed by atoms with Gasteiger partial charge in [0.2, 0.25) is 0 Å². The summed E-state index contributed by atoms with van der Waals surface area (Å²) in [6, 6.07) is 1.88. The topological polar surface area (TPSA) is 45.6 Å². The van der Waals surface area contributed by atoms with Crippen molar-refractivity contribution in [1.29, 1.82) is 0 Å². The number of rotatable bonds is 2. The molecule has 0 aliphatic carbocycles. The zero-order valence-corrected chi connectivity index (χ0v) is 11.7. The first kappa shape index (κ1) is 13.7. The Balaban J connectivity index is 2.23. The van der Waals surface area contributed by atoms with Crippen LogP contribution in [0.1, 0.15) is 38.8 Å². The molecule has 4 nitrogen and oxygen atoms in total. The second-order valence-electron chi connectivity index (χ2n) is 5.67. The maximum Gasteiger partial charge on any atom is 0.135 e. The number of hydrogen-bond donors (Lipinski definition) is 1. The molecule has 1 aliphatic rings. The number of aliphatic hydroxyl groups is 1. The Morgan fingerprint density at radius 3 is 2.83 bits per heavy atom. The largest absolute Gasteiger partial charge is 0.376 e. The average Bonchev–Trinajstić information content (AvgIpc) is 2.75. The summed E-state index contributed by atoms with van der Waals surface area (Å²) in [6.45, 7) is 6.54. The fourth-order valence-corrected chi connectivity index (χ4v) is 2.22. The Labute approximate surface area is 112 Å². The van der Waals surface area contributed by atoms with Crippen molar-refractivity contribution >= 4 is 11.6 Å². The van der Waals surface area contributed by atoms with Gasteiger partial charge in [0.25, 0.3) is 0 Å². The first-order valence-electron chi connectivity index (χ1n) is 6.09. The van der Waals surface area contributed by atoms with E-state index in [1.165, 1.54) is 0 Å². The van der Waals surface area contributed by atoms with Crippen LogP contribution < -0.4 is 0 Å². The third kappa shape index (κ3) is 2.83. The highest BCUT2D eigenvalue weighted by Crippen LogP contribution is 2.36. The number of nitrogens with zero attached hydrogens (tertiary/aromatic N) is 2. The van der Waals surface area contributed by atoms with E-state index in [1.54, 1.807) is 17.5 Å². The van der Waals surface area contributed by atoms with E-state index in [-0.39, 0.29) is 11.5 Å². The average molecular weight is 271 g/mol. The lowest BCUT2D eigenvalue weighted by Crippen LogP contribution is -2.42. The highest BCUT2D eigenvalue weighted by Gasteiger charge is 2.38. The number of hydroxylamine groups is 2. The van der Waals surface area contributed by atoms with Crippen molar-refractivity contribution in [3.05, 3.63) is 29.0 Å². The minimum Gasteiger partial charge on any atom is -0.376 e. The van der Waals surface area contributed by atoms with E-state index in [0.29, 0.717) is 11.6 Å². The van der Waals surface area contributed by atoms with Crippen molar-refractivity contribution in [2.45, 2.75) is 39.5 Å². The van der Waals surface area contributed by atoms with Crippen LogP contribution in [-0.4, -0.2) is 28.0 Å². The molecule has 1 aromatic heterocycles. The summed E-state index contributed by atoms with van der Waals surface area (Å²) in [5, 5.41) is 12.6. The second kappa shape index (κ2) is 5.13. The molecule has 2 rings (SSSR count). The first-order chi connectivity index (χ1) is 8.39. The number of aromatic nitrogens is 1. The lowest BCUT2D eigenvalue weighted by atomic mass is 9.93. The summed E-state index contributed by atoms with van der Waals surface area (Å²) in [6.07, 6.45) is 3.54. The van der Waals surface area contributed by atoms with Crippen LogP contribution in [0.25, 0.3) is 0 Å². The van der Waals surface area contributed by atoms with Gasteiger partial charge in [-0.3, -0.25) is 9.82 Å². The van der Waals surface area contributed by atoms with E-state index in [0.717, 1.165) is 12.0 Å². The summed E-state index contributed by atoms with van der Waals surface area (Å²) in [7, 11) is 0. The Bertz CT molecular complexity index is 420. The molecule has 1 N–H and O–H groups in total. The van der Waals surface area contributed by atoms with Crippen molar-refractivity contribution in [3.8, 4) is 0 Å². The van der Waals surface area contributed by atoms with E-state index in [1.807, 2.05) is 26.8 Å². The highest BCUT2D eigenvalue weighted by molar-refractivity contribution is 6.30. The van der Waals surface area contributed by atoms with Gasteiger partial charge in [-0.15, -0.1) is 0 Å². The van der Waals surface area contributed by atoms with Crippen LogP contribution >= 0.6 is 11.6 Å². The molecule has 2 heterocycles. The molecule has 100 valence electrons. The normalized spacial score (nSPS) is 23.3. The number of halogens is 1. The number of pyridine rings is 1. The van der Waals surface area contributed by atoms with Crippen LogP contribution in [0.15, 0.2) is 18.5 Å². The van der Waals surface area contributed by atoms with Crippen molar-refractivity contribution < 1.29 is 9.94 Å². The first-order valence-corrected chi connectivity index (χ1v) is 6.47. The molecule has 0 spiro atoms. The summed E-state index contributed by atoms with van der Waals surface area (Å²) < 4.78 is 0. The molecule has 0 amide bonds. The third-order valence-corrected chi connectivity index (χ3v) is 3.27. The van der Waals surface area contributed by atoms with Crippen LogP contribution in [0.2, 0.25) is 5.02 Å². The summed E-state index contributed by atoms with van der Waals surface area (Å²) in [5.74, 6) is 0. The Morgan fingerprint density at radius 2 is 2.22 bits per heavy atom.